The molecule has 0 aliphatic carbocycles. The highest BCUT2D eigenvalue weighted by Gasteiger charge is 2.18. The maximum atomic E-state index is 11.9. The Morgan fingerprint density at radius 2 is 2.18 bits per heavy atom. The molecule has 0 saturated heterocycles. The van der Waals surface area contributed by atoms with Crippen LogP contribution in [0.15, 0.2) is 16.3 Å². The third kappa shape index (κ3) is 4.39. The van der Waals surface area contributed by atoms with Crippen molar-refractivity contribution >= 4 is 21.4 Å². The van der Waals surface area contributed by atoms with Crippen molar-refractivity contribution in [2.45, 2.75) is 38.2 Å². The highest BCUT2D eigenvalue weighted by Crippen LogP contribution is 2.21. The standard InChI is InChI=1S/C11H19NO3S2/c1-9(2)4-3-6-12-17(14,15)11-5-7-16-10(11)8-13/h5,7,9,12-13H,3-4,6,8H2,1-2H3. The first-order chi connectivity index (χ1) is 7.97. The lowest BCUT2D eigenvalue weighted by Gasteiger charge is -2.07. The minimum atomic E-state index is -3.46. The van der Waals surface area contributed by atoms with Crippen LogP contribution in [0.2, 0.25) is 0 Å². The van der Waals surface area contributed by atoms with E-state index in [4.69, 9.17) is 5.11 Å². The third-order valence-electron chi connectivity index (χ3n) is 2.39. The molecule has 2 N–H and O–H groups in total. The summed E-state index contributed by atoms with van der Waals surface area (Å²) in [4.78, 5) is 0.691. The van der Waals surface area contributed by atoms with Crippen LogP contribution < -0.4 is 4.72 Å². The zero-order valence-corrected chi connectivity index (χ0v) is 11.8. The molecule has 0 unspecified atom stereocenters. The van der Waals surface area contributed by atoms with E-state index in [1.54, 1.807) is 5.38 Å². The quantitative estimate of drug-likeness (QED) is 0.749. The zero-order valence-electron chi connectivity index (χ0n) is 10.1. The summed E-state index contributed by atoms with van der Waals surface area (Å²) in [6.07, 6.45) is 1.83. The molecule has 6 heteroatoms. The molecular formula is C11H19NO3S2. The van der Waals surface area contributed by atoms with E-state index in [1.165, 1.54) is 17.4 Å². The Hall–Kier alpha value is -0.430. The number of aliphatic hydroxyl groups excluding tert-OH is 1. The second-order valence-corrected chi connectivity index (χ2v) is 7.04. The number of aliphatic hydroxyl groups is 1. The Balaban J connectivity index is 2.57. The Labute approximate surface area is 107 Å². The third-order valence-corrected chi connectivity index (χ3v) is 4.97. The van der Waals surface area contributed by atoms with Gasteiger partial charge in [0.1, 0.15) is 0 Å². The Morgan fingerprint density at radius 1 is 1.47 bits per heavy atom. The highest BCUT2D eigenvalue weighted by molar-refractivity contribution is 7.89. The van der Waals surface area contributed by atoms with Crippen LogP contribution in [0.5, 0.6) is 0 Å². The Bertz CT molecular complexity index is 437. The van der Waals surface area contributed by atoms with Crippen LogP contribution in [0.3, 0.4) is 0 Å². The van der Waals surface area contributed by atoms with Gasteiger partial charge in [0, 0.05) is 11.4 Å². The number of thiophene rings is 1. The van der Waals surface area contributed by atoms with Gasteiger partial charge in [-0.1, -0.05) is 13.8 Å². The second kappa shape index (κ2) is 6.49. The first-order valence-electron chi connectivity index (χ1n) is 5.64. The number of nitrogens with one attached hydrogen (secondary N) is 1. The first kappa shape index (κ1) is 14.6. The fraction of sp³-hybridized carbons (Fsp3) is 0.636. The lowest BCUT2D eigenvalue weighted by molar-refractivity contribution is 0.282. The zero-order chi connectivity index (χ0) is 12.9. The molecule has 0 aliphatic heterocycles. The van der Waals surface area contributed by atoms with Gasteiger partial charge in [0.15, 0.2) is 0 Å². The predicted molar refractivity (Wildman–Crippen MR) is 69.5 cm³/mol. The van der Waals surface area contributed by atoms with Crippen LogP contribution >= 0.6 is 11.3 Å². The van der Waals surface area contributed by atoms with Gasteiger partial charge in [-0.3, -0.25) is 0 Å². The molecule has 0 fully saturated rings. The summed E-state index contributed by atoms with van der Waals surface area (Å²) < 4.78 is 26.4. The molecule has 1 rings (SSSR count). The van der Waals surface area contributed by atoms with E-state index in [1.807, 2.05) is 0 Å². The number of sulfonamides is 1. The average molecular weight is 277 g/mol. The SMILES string of the molecule is CC(C)CCCNS(=O)(=O)c1ccsc1CO. The van der Waals surface area contributed by atoms with Crippen LogP contribution in [-0.4, -0.2) is 20.1 Å². The Morgan fingerprint density at radius 3 is 2.76 bits per heavy atom. The molecule has 0 saturated carbocycles. The molecule has 1 aromatic rings. The van der Waals surface area contributed by atoms with Gasteiger partial charge in [-0.25, -0.2) is 13.1 Å². The van der Waals surface area contributed by atoms with Crippen LogP contribution in [0.1, 0.15) is 31.6 Å². The van der Waals surface area contributed by atoms with E-state index < -0.39 is 10.0 Å². The fourth-order valence-electron chi connectivity index (χ4n) is 1.48. The molecule has 17 heavy (non-hydrogen) atoms. The topological polar surface area (TPSA) is 66.4 Å². The molecule has 0 amide bonds. The van der Waals surface area contributed by atoms with Crippen molar-refractivity contribution in [3.05, 3.63) is 16.3 Å². The van der Waals surface area contributed by atoms with Crippen LogP contribution in [-0.2, 0) is 16.6 Å². The van der Waals surface area contributed by atoms with Crippen LogP contribution in [0.25, 0.3) is 0 Å². The predicted octanol–water partition coefficient (Wildman–Crippen LogP) is 1.95. The van der Waals surface area contributed by atoms with E-state index in [9.17, 15) is 8.42 Å². The van der Waals surface area contributed by atoms with Crippen molar-refractivity contribution in [3.8, 4) is 0 Å². The van der Waals surface area contributed by atoms with E-state index in [2.05, 4.69) is 18.6 Å². The number of hydrogen-bond acceptors (Lipinski definition) is 4. The van der Waals surface area contributed by atoms with Gasteiger partial charge in [-0.2, -0.15) is 0 Å². The summed E-state index contributed by atoms with van der Waals surface area (Å²) in [6, 6.07) is 1.53. The van der Waals surface area contributed by atoms with Gasteiger partial charge in [-0.15, -0.1) is 11.3 Å². The summed E-state index contributed by atoms with van der Waals surface area (Å²) in [5.74, 6) is 0.577. The lowest BCUT2D eigenvalue weighted by Crippen LogP contribution is -2.25. The van der Waals surface area contributed by atoms with E-state index >= 15 is 0 Å². The van der Waals surface area contributed by atoms with Gasteiger partial charge in [-0.05, 0) is 30.2 Å². The minimum absolute atomic E-state index is 0.203. The molecule has 0 aliphatic rings. The van der Waals surface area contributed by atoms with Crippen LogP contribution in [0, 0.1) is 5.92 Å². The lowest BCUT2D eigenvalue weighted by atomic mass is 10.1. The smallest absolute Gasteiger partial charge is 0.241 e. The highest BCUT2D eigenvalue weighted by atomic mass is 32.2. The molecule has 1 heterocycles. The summed E-state index contributed by atoms with van der Waals surface area (Å²) in [5.41, 5.74) is 0. The fourth-order valence-corrected chi connectivity index (χ4v) is 3.84. The first-order valence-corrected chi connectivity index (χ1v) is 8.00. The van der Waals surface area contributed by atoms with Crippen molar-refractivity contribution in [1.82, 2.24) is 4.72 Å². The van der Waals surface area contributed by atoms with Gasteiger partial charge in [0.2, 0.25) is 10.0 Å². The Kier molecular flexibility index (Phi) is 5.58. The van der Waals surface area contributed by atoms with Gasteiger partial charge >= 0.3 is 0 Å². The second-order valence-electron chi connectivity index (χ2n) is 4.30. The van der Waals surface area contributed by atoms with Crippen LogP contribution in [0.4, 0.5) is 0 Å². The van der Waals surface area contributed by atoms with Crippen molar-refractivity contribution in [1.29, 1.82) is 0 Å². The molecule has 0 spiro atoms. The summed E-state index contributed by atoms with van der Waals surface area (Å²) in [7, 11) is -3.46. The van der Waals surface area contributed by atoms with E-state index in [0.717, 1.165) is 12.8 Å². The monoisotopic (exact) mass is 277 g/mol. The summed E-state index contributed by atoms with van der Waals surface area (Å²) in [5, 5.41) is 10.7. The molecule has 0 radical (unpaired) electrons. The maximum Gasteiger partial charge on any atom is 0.241 e. The van der Waals surface area contributed by atoms with Crippen molar-refractivity contribution in [2.24, 2.45) is 5.92 Å². The van der Waals surface area contributed by atoms with Gasteiger partial charge in [0.25, 0.3) is 0 Å². The van der Waals surface area contributed by atoms with Crippen molar-refractivity contribution < 1.29 is 13.5 Å². The molecule has 98 valence electrons. The minimum Gasteiger partial charge on any atom is -0.391 e. The molecule has 0 atom stereocenters. The van der Waals surface area contributed by atoms with Crippen molar-refractivity contribution in [2.75, 3.05) is 6.54 Å². The molecular weight excluding hydrogens is 258 g/mol. The average Bonchev–Trinajstić information content (AvgIpc) is 2.73. The largest absolute Gasteiger partial charge is 0.391 e. The number of rotatable bonds is 7. The van der Waals surface area contributed by atoms with Gasteiger partial charge in [0.05, 0.1) is 11.5 Å². The van der Waals surface area contributed by atoms with Gasteiger partial charge < -0.3 is 5.11 Å². The maximum absolute atomic E-state index is 11.9. The molecule has 4 nitrogen and oxygen atoms in total. The summed E-state index contributed by atoms with van der Waals surface area (Å²) >= 11 is 1.25. The molecule has 1 aromatic heterocycles. The molecule has 0 bridgehead atoms. The van der Waals surface area contributed by atoms with E-state index in [-0.39, 0.29) is 11.5 Å². The molecule has 0 aromatic carbocycles. The number of hydrogen-bond donors (Lipinski definition) is 2. The normalized spacial score (nSPS) is 12.2. The summed E-state index contributed by atoms with van der Waals surface area (Å²) in [6.45, 7) is 4.43. The van der Waals surface area contributed by atoms with E-state index in [0.29, 0.717) is 17.3 Å². The van der Waals surface area contributed by atoms with Crippen molar-refractivity contribution in [3.63, 3.8) is 0 Å².